The fourth-order valence-electron chi connectivity index (χ4n) is 5.58. The minimum absolute atomic E-state index is 0.119. The average molecular weight is 664 g/mol. The molecule has 0 bridgehead atoms. The van der Waals surface area contributed by atoms with Crippen molar-refractivity contribution < 1.29 is 27.8 Å². The van der Waals surface area contributed by atoms with Crippen LogP contribution in [0.2, 0.25) is 0 Å². The molecule has 49 heavy (non-hydrogen) atoms. The van der Waals surface area contributed by atoms with Crippen LogP contribution in [-0.4, -0.2) is 30.8 Å². The Balaban J connectivity index is 0.00000265. The number of rotatable bonds is 13. The van der Waals surface area contributed by atoms with Gasteiger partial charge < -0.3 is 14.2 Å². The van der Waals surface area contributed by atoms with Gasteiger partial charge in [-0.25, -0.2) is 18.6 Å². The Bertz CT molecular complexity index is 1880. The monoisotopic (exact) mass is 663 g/mol. The molecule has 0 spiro atoms. The van der Waals surface area contributed by atoms with E-state index in [1.807, 2.05) is 76.2 Å². The van der Waals surface area contributed by atoms with Gasteiger partial charge in [-0.05, 0) is 77.2 Å². The van der Waals surface area contributed by atoms with E-state index in [2.05, 4.69) is 6.58 Å². The topological polar surface area (TPSA) is 57.7 Å². The van der Waals surface area contributed by atoms with E-state index in [9.17, 15) is 13.6 Å². The van der Waals surface area contributed by atoms with Gasteiger partial charge in [0.15, 0.2) is 0 Å². The second kappa shape index (κ2) is 17.9. The lowest BCUT2D eigenvalue weighted by Crippen LogP contribution is -2.21. The summed E-state index contributed by atoms with van der Waals surface area (Å²) in [6.07, 6.45) is 5.66. The molecule has 5 nitrogen and oxygen atoms in total. The van der Waals surface area contributed by atoms with E-state index in [1.54, 1.807) is 36.4 Å². The van der Waals surface area contributed by atoms with Crippen molar-refractivity contribution in [2.45, 2.75) is 52.7 Å². The van der Waals surface area contributed by atoms with Gasteiger partial charge in [0.2, 0.25) is 5.88 Å². The van der Waals surface area contributed by atoms with E-state index >= 15 is 0 Å². The molecule has 1 atom stereocenters. The SMILES string of the molecule is C=C/C=C/COC(c1ccc2ccccc2c1)c1c(OC(CC)CC)nc(-c2ccc(F)cc2)c(C(=O)OC)c1-c1ccc(F)cc1.CC. The predicted octanol–water partition coefficient (Wildman–Crippen LogP) is 11.1. The summed E-state index contributed by atoms with van der Waals surface area (Å²) in [4.78, 5) is 18.9. The molecule has 0 fully saturated rings. The number of carbonyl (C=O) groups excluding carboxylic acids is 1. The summed E-state index contributed by atoms with van der Waals surface area (Å²) in [7, 11) is 1.29. The van der Waals surface area contributed by atoms with Gasteiger partial charge in [0.1, 0.15) is 17.7 Å². The van der Waals surface area contributed by atoms with Crippen molar-refractivity contribution >= 4 is 16.7 Å². The third-order valence-electron chi connectivity index (χ3n) is 8.00. The molecular formula is C42H43F2NO4. The van der Waals surface area contributed by atoms with Crippen molar-refractivity contribution in [2.24, 2.45) is 0 Å². The standard InChI is InChI=1S/C40H37F2NO4.C2H6/c1-5-8-11-24-46-38(30-15-14-26-12-9-10-13-29(26)25-30)36-34(27-16-20-31(41)21-17-27)35(40(44)45-4)37(28-18-22-32(42)23-19-28)43-39(36)47-33(6-2)7-3;1-2/h5,8-23,25,33,38H,1,6-7,24H2,2-4H3;1-2H3/b11-8+;. The van der Waals surface area contributed by atoms with Crippen LogP contribution in [0.4, 0.5) is 8.78 Å². The molecule has 0 aliphatic heterocycles. The highest BCUT2D eigenvalue weighted by Gasteiger charge is 2.33. The van der Waals surface area contributed by atoms with E-state index in [0.29, 0.717) is 35.1 Å². The lowest BCUT2D eigenvalue weighted by Gasteiger charge is -2.28. The molecule has 4 aromatic carbocycles. The largest absolute Gasteiger partial charge is 0.474 e. The van der Waals surface area contributed by atoms with Crippen molar-refractivity contribution in [2.75, 3.05) is 13.7 Å². The first kappa shape index (κ1) is 36.7. The first-order valence-electron chi connectivity index (χ1n) is 16.6. The number of esters is 1. The summed E-state index contributed by atoms with van der Waals surface area (Å²) in [5.41, 5.74) is 3.06. The smallest absolute Gasteiger partial charge is 0.340 e. The Hall–Kier alpha value is -5.14. The molecule has 0 saturated heterocycles. The van der Waals surface area contributed by atoms with Gasteiger partial charge >= 0.3 is 5.97 Å². The van der Waals surface area contributed by atoms with E-state index in [-0.39, 0.29) is 29.8 Å². The number of nitrogens with zero attached hydrogens (tertiary/aromatic N) is 1. The molecular weight excluding hydrogens is 620 g/mol. The summed E-state index contributed by atoms with van der Waals surface area (Å²) in [6.45, 7) is 12.0. The van der Waals surface area contributed by atoms with Gasteiger partial charge in [-0.2, -0.15) is 0 Å². The van der Waals surface area contributed by atoms with E-state index in [4.69, 9.17) is 19.2 Å². The summed E-state index contributed by atoms with van der Waals surface area (Å²) in [5.74, 6) is -1.30. The summed E-state index contributed by atoms with van der Waals surface area (Å²) in [5, 5.41) is 2.05. The average Bonchev–Trinajstić information content (AvgIpc) is 3.14. The van der Waals surface area contributed by atoms with Crippen LogP contribution in [0.15, 0.2) is 116 Å². The van der Waals surface area contributed by atoms with Crippen molar-refractivity contribution in [3.63, 3.8) is 0 Å². The lowest BCUT2D eigenvalue weighted by molar-refractivity contribution is 0.0600. The normalized spacial score (nSPS) is 11.7. The Kier molecular flexibility index (Phi) is 13.4. The van der Waals surface area contributed by atoms with E-state index in [0.717, 1.165) is 16.3 Å². The Morgan fingerprint density at radius 3 is 2.06 bits per heavy atom. The summed E-state index contributed by atoms with van der Waals surface area (Å²) < 4.78 is 47.1. The van der Waals surface area contributed by atoms with Crippen molar-refractivity contribution in [3.8, 4) is 28.3 Å². The molecule has 1 heterocycles. The number of hydrogen-bond acceptors (Lipinski definition) is 5. The number of ether oxygens (including phenoxy) is 3. The number of halogens is 2. The van der Waals surface area contributed by atoms with Crippen LogP contribution in [-0.2, 0) is 9.47 Å². The van der Waals surface area contributed by atoms with Crippen LogP contribution in [0.5, 0.6) is 5.88 Å². The van der Waals surface area contributed by atoms with Crippen molar-refractivity contribution in [1.29, 1.82) is 0 Å². The quantitative estimate of drug-likeness (QED) is 0.0927. The van der Waals surface area contributed by atoms with Gasteiger partial charge in [-0.3, -0.25) is 0 Å². The first-order chi connectivity index (χ1) is 23.9. The fraction of sp³-hybridized carbons (Fsp3) is 0.238. The molecule has 0 N–H and O–H groups in total. The van der Waals surface area contributed by atoms with Gasteiger partial charge in [-0.1, -0.05) is 101 Å². The van der Waals surface area contributed by atoms with Crippen LogP contribution in [0.25, 0.3) is 33.2 Å². The molecule has 0 amide bonds. The van der Waals surface area contributed by atoms with Crippen LogP contribution < -0.4 is 4.74 Å². The number of hydrogen-bond donors (Lipinski definition) is 0. The highest BCUT2D eigenvalue weighted by molar-refractivity contribution is 6.04. The fourth-order valence-corrected chi connectivity index (χ4v) is 5.58. The number of pyridine rings is 1. The lowest BCUT2D eigenvalue weighted by atomic mass is 9.87. The highest BCUT2D eigenvalue weighted by atomic mass is 19.1. The zero-order valence-electron chi connectivity index (χ0n) is 28.7. The third-order valence-corrected chi connectivity index (χ3v) is 8.00. The summed E-state index contributed by atoms with van der Waals surface area (Å²) >= 11 is 0. The second-order valence-electron chi connectivity index (χ2n) is 11.0. The third kappa shape index (κ3) is 8.67. The number of aromatic nitrogens is 1. The Labute approximate surface area is 287 Å². The minimum atomic E-state index is -0.795. The number of carbonyl (C=O) groups is 1. The van der Waals surface area contributed by atoms with Crippen LogP contribution in [0.1, 0.15) is 68.1 Å². The zero-order valence-corrected chi connectivity index (χ0v) is 28.7. The molecule has 1 unspecified atom stereocenters. The number of allylic oxidation sites excluding steroid dienone is 2. The van der Waals surface area contributed by atoms with Gasteiger partial charge in [-0.15, -0.1) is 0 Å². The van der Waals surface area contributed by atoms with Gasteiger partial charge in [0.25, 0.3) is 0 Å². The number of methoxy groups -OCH3 is 1. The molecule has 5 rings (SSSR count). The minimum Gasteiger partial charge on any atom is -0.474 e. The van der Waals surface area contributed by atoms with E-state index in [1.165, 1.54) is 31.4 Å². The van der Waals surface area contributed by atoms with Crippen molar-refractivity contribution in [1.82, 2.24) is 4.98 Å². The molecule has 254 valence electrons. The summed E-state index contributed by atoms with van der Waals surface area (Å²) in [6, 6.07) is 25.6. The zero-order chi connectivity index (χ0) is 35.3. The maximum Gasteiger partial charge on any atom is 0.340 e. The molecule has 1 aromatic heterocycles. The van der Waals surface area contributed by atoms with Gasteiger partial charge in [0.05, 0.1) is 36.6 Å². The first-order valence-corrected chi connectivity index (χ1v) is 16.6. The number of benzene rings is 4. The van der Waals surface area contributed by atoms with E-state index < -0.39 is 23.7 Å². The molecule has 0 aliphatic rings. The van der Waals surface area contributed by atoms with Crippen molar-refractivity contribution in [3.05, 3.63) is 144 Å². The Morgan fingerprint density at radius 1 is 0.857 bits per heavy atom. The Morgan fingerprint density at radius 2 is 1.47 bits per heavy atom. The van der Waals surface area contributed by atoms with Crippen LogP contribution in [0.3, 0.4) is 0 Å². The highest BCUT2D eigenvalue weighted by Crippen LogP contribution is 2.46. The molecule has 0 saturated carbocycles. The molecule has 0 radical (unpaired) electrons. The predicted molar refractivity (Wildman–Crippen MR) is 194 cm³/mol. The molecule has 7 heteroatoms. The van der Waals surface area contributed by atoms with Crippen LogP contribution in [0, 0.1) is 11.6 Å². The van der Waals surface area contributed by atoms with Gasteiger partial charge in [0, 0.05) is 11.1 Å². The second-order valence-corrected chi connectivity index (χ2v) is 11.0. The molecule has 5 aromatic rings. The maximum absolute atomic E-state index is 14.4. The maximum atomic E-state index is 14.4. The molecule has 0 aliphatic carbocycles. The van der Waals surface area contributed by atoms with Crippen LogP contribution >= 0.6 is 0 Å². The number of fused-ring (bicyclic) bond motifs is 1.